The zero-order valence-electron chi connectivity index (χ0n) is 11.8. The van der Waals surface area contributed by atoms with Gasteiger partial charge in [-0.2, -0.15) is 0 Å². The molecular weight excluding hydrogens is 222 g/mol. The molecule has 1 saturated carbocycles. The summed E-state index contributed by atoms with van der Waals surface area (Å²) < 4.78 is 2.26. The van der Waals surface area contributed by atoms with E-state index < -0.39 is 0 Å². The highest BCUT2D eigenvalue weighted by Crippen LogP contribution is 2.30. The van der Waals surface area contributed by atoms with Crippen LogP contribution < -0.4 is 5.73 Å². The third-order valence-corrected chi connectivity index (χ3v) is 4.35. The van der Waals surface area contributed by atoms with Crippen molar-refractivity contribution in [1.82, 2.24) is 9.55 Å². The van der Waals surface area contributed by atoms with E-state index in [0.717, 1.165) is 25.3 Å². The molecule has 2 rings (SSSR count). The molecule has 0 saturated heterocycles. The zero-order chi connectivity index (χ0) is 13.0. The van der Waals surface area contributed by atoms with Crippen LogP contribution in [-0.4, -0.2) is 15.6 Å². The maximum absolute atomic E-state index is 6.40. The standard InChI is InChI=1S/C15H27N3/c1-3-9-18-10-8-17-15(18)11-14(16)13-6-4-12(2)5-7-13/h8,10,12-14H,3-7,9,11,16H2,1-2H3. The van der Waals surface area contributed by atoms with Crippen LogP contribution in [0.25, 0.3) is 0 Å². The van der Waals surface area contributed by atoms with Gasteiger partial charge in [-0.3, -0.25) is 0 Å². The van der Waals surface area contributed by atoms with Crippen LogP contribution >= 0.6 is 0 Å². The monoisotopic (exact) mass is 249 g/mol. The molecule has 0 amide bonds. The van der Waals surface area contributed by atoms with Gasteiger partial charge in [-0.05, 0) is 31.1 Å². The van der Waals surface area contributed by atoms with Gasteiger partial charge in [-0.25, -0.2) is 4.98 Å². The molecule has 1 heterocycles. The van der Waals surface area contributed by atoms with Crippen molar-refractivity contribution in [1.29, 1.82) is 0 Å². The normalized spacial score (nSPS) is 26.2. The first kappa shape index (κ1) is 13.6. The SMILES string of the molecule is CCCn1ccnc1CC(N)C1CCC(C)CC1. The molecule has 1 aliphatic rings. The summed E-state index contributed by atoms with van der Waals surface area (Å²) in [6.45, 7) is 5.62. The Labute approximate surface area is 111 Å². The molecule has 3 nitrogen and oxygen atoms in total. The third-order valence-electron chi connectivity index (χ3n) is 4.35. The molecule has 1 fully saturated rings. The molecular formula is C15H27N3. The van der Waals surface area contributed by atoms with E-state index in [-0.39, 0.29) is 6.04 Å². The van der Waals surface area contributed by atoms with E-state index in [4.69, 9.17) is 5.73 Å². The van der Waals surface area contributed by atoms with Gasteiger partial charge in [-0.15, -0.1) is 0 Å². The summed E-state index contributed by atoms with van der Waals surface area (Å²) in [7, 11) is 0. The molecule has 2 N–H and O–H groups in total. The topological polar surface area (TPSA) is 43.8 Å². The Morgan fingerprint density at radius 3 is 2.78 bits per heavy atom. The van der Waals surface area contributed by atoms with Crippen LogP contribution in [0.2, 0.25) is 0 Å². The number of nitrogens with zero attached hydrogens (tertiary/aromatic N) is 2. The van der Waals surface area contributed by atoms with E-state index in [1.54, 1.807) is 0 Å². The summed E-state index contributed by atoms with van der Waals surface area (Å²) >= 11 is 0. The first-order valence-electron chi connectivity index (χ1n) is 7.46. The van der Waals surface area contributed by atoms with E-state index >= 15 is 0 Å². The van der Waals surface area contributed by atoms with E-state index in [0.29, 0.717) is 5.92 Å². The fourth-order valence-corrected chi connectivity index (χ4v) is 3.07. The van der Waals surface area contributed by atoms with Gasteiger partial charge in [0.05, 0.1) is 0 Å². The van der Waals surface area contributed by atoms with E-state index in [9.17, 15) is 0 Å². The fourth-order valence-electron chi connectivity index (χ4n) is 3.07. The van der Waals surface area contributed by atoms with Crippen molar-refractivity contribution in [2.75, 3.05) is 0 Å². The van der Waals surface area contributed by atoms with Crippen molar-refractivity contribution in [2.24, 2.45) is 17.6 Å². The highest BCUT2D eigenvalue weighted by molar-refractivity contribution is 4.96. The van der Waals surface area contributed by atoms with Crippen LogP contribution in [0.3, 0.4) is 0 Å². The van der Waals surface area contributed by atoms with E-state index in [2.05, 4.69) is 29.6 Å². The van der Waals surface area contributed by atoms with Crippen molar-refractivity contribution in [3.63, 3.8) is 0 Å². The predicted molar refractivity (Wildman–Crippen MR) is 75.3 cm³/mol. The molecule has 0 aliphatic heterocycles. The zero-order valence-corrected chi connectivity index (χ0v) is 11.8. The molecule has 1 unspecified atom stereocenters. The van der Waals surface area contributed by atoms with Crippen LogP contribution in [0.5, 0.6) is 0 Å². The molecule has 1 atom stereocenters. The highest BCUT2D eigenvalue weighted by Gasteiger charge is 2.24. The van der Waals surface area contributed by atoms with Gasteiger partial charge in [0.25, 0.3) is 0 Å². The Bertz CT molecular complexity index is 350. The lowest BCUT2D eigenvalue weighted by molar-refractivity contribution is 0.251. The summed E-state index contributed by atoms with van der Waals surface area (Å²) in [5, 5.41) is 0. The summed E-state index contributed by atoms with van der Waals surface area (Å²) in [4.78, 5) is 4.47. The largest absolute Gasteiger partial charge is 0.335 e. The minimum Gasteiger partial charge on any atom is -0.335 e. The smallest absolute Gasteiger partial charge is 0.110 e. The second-order valence-corrected chi connectivity index (χ2v) is 5.92. The van der Waals surface area contributed by atoms with Gasteiger partial charge < -0.3 is 10.3 Å². The van der Waals surface area contributed by atoms with Crippen molar-refractivity contribution < 1.29 is 0 Å². The number of rotatable bonds is 5. The lowest BCUT2D eigenvalue weighted by Crippen LogP contribution is -2.35. The van der Waals surface area contributed by atoms with E-state index in [1.807, 2.05) is 6.20 Å². The summed E-state index contributed by atoms with van der Waals surface area (Å²) in [6.07, 6.45) is 11.4. The summed E-state index contributed by atoms with van der Waals surface area (Å²) in [5.41, 5.74) is 6.40. The first-order valence-corrected chi connectivity index (χ1v) is 7.46. The first-order chi connectivity index (χ1) is 8.70. The summed E-state index contributed by atoms with van der Waals surface area (Å²) in [6, 6.07) is 0.288. The maximum atomic E-state index is 6.40. The number of hydrogen-bond acceptors (Lipinski definition) is 2. The van der Waals surface area contributed by atoms with Crippen LogP contribution in [0, 0.1) is 11.8 Å². The molecule has 1 aliphatic carbocycles. The van der Waals surface area contributed by atoms with Crippen molar-refractivity contribution >= 4 is 0 Å². The van der Waals surface area contributed by atoms with Gasteiger partial charge in [0.2, 0.25) is 0 Å². The molecule has 0 aromatic carbocycles. The lowest BCUT2D eigenvalue weighted by atomic mass is 9.78. The molecule has 0 spiro atoms. The van der Waals surface area contributed by atoms with Gasteiger partial charge in [-0.1, -0.05) is 26.7 Å². The van der Waals surface area contributed by atoms with E-state index in [1.165, 1.54) is 31.5 Å². The maximum Gasteiger partial charge on any atom is 0.110 e. The summed E-state index contributed by atoms with van der Waals surface area (Å²) in [5.74, 6) is 2.77. The Balaban J connectivity index is 1.90. The van der Waals surface area contributed by atoms with Gasteiger partial charge in [0, 0.05) is 31.4 Å². The molecule has 0 radical (unpaired) electrons. The van der Waals surface area contributed by atoms with Gasteiger partial charge >= 0.3 is 0 Å². The number of hydrogen-bond donors (Lipinski definition) is 1. The molecule has 3 heteroatoms. The number of imidazole rings is 1. The fraction of sp³-hybridized carbons (Fsp3) is 0.800. The third kappa shape index (κ3) is 3.35. The number of aryl methyl sites for hydroxylation is 1. The van der Waals surface area contributed by atoms with Crippen molar-refractivity contribution in [2.45, 2.75) is 65.0 Å². The Morgan fingerprint density at radius 1 is 1.39 bits per heavy atom. The lowest BCUT2D eigenvalue weighted by Gasteiger charge is -2.30. The average molecular weight is 249 g/mol. The molecule has 1 aromatic heterocycles. The predicted octanol–water partition coefficient (Wildman–Crippen LogP) is 2.99. The highest BCUT2D eigenvalue weighted by atomic mass is 15.1. The van der Waals surface area contributed by atoms with Crippen molar-refractivity contribution in [3.05, 3.63) is 18.2 Å². The Hall–Kier alpha value is -0.830. The molecule has 1 aromatic rings. The molecule has 102 valence electrons. The van der Waals surface area contributed by atoms with Gasteiger partial charge in [0.1, 0.15) is 5.82 Å². The number of aromatic nitrogens is 2. The van der Waals surface area contributed by atoms with Crippen LogP contribution in [0.4, 0.5) is 0 Å². The Kier molecular flexibility index (Phi) is 4.81. The van der Waals surface area contributed by atoms with Crippen LogP contribution in [0.1, 0.15) is 51.8 Å². The number of nitrogens with two attached hydrogens (primary N) is 1. The minimum absolute atomic E-state index is 0.288. The van der Waals surface area contributed by atoms with Crippen LogP contribution in [-0.2, 0) is 13.0 Å². The average Bonchev–Trinajstić information content (AvgIpc) is 2.78. The quantitative estimate of drug-likeness (QED) is 0.872. The van der Waals surface area contributed by atoms with Gasteiger partial charge in [0.15, 0.2) is 0 Å². The van der Waals surface area contributed by atoms with Crippen molar-refractivity contribution in [3.8, 4) is 0 Å². The second-order valence-electron chi connectivity index (χ2n) is 5.92. The second kappa shape index (κ2) is 6.37. The molecule has 0 bridgehead atoms. The minimum atomic E-state index is 0.288. The molecule has 18 heavy (non-hydrogen) atoms. The Morgan fingerprint density at radius 2 is 2.11 bits per heavy atom. The van der Waals surface area contributed by atoms with Crippen LogP contribution in [0.15, 0.2) is 12.4 Å².